The van der Waals surface area contributed by atoms with Crippen molar-refractivity contribution < 1.29 is 15.0 Å². The van der Waals surface area contributed by atoms with Crippen LogP contribution in [0.15, 0.2) is 18.3 Å². The van der Waals surface area contributed by atoms with E-state index in [-0.39, 0.29) is 19.1 Å². The van der Waals surface area contributed by atoms with Gasteiger partial charge in [-0.05, 0) is 38.3 Å². The smallest absolute Gasteiger partial charge is 0.268 e. The molecular formula is C13H20N2O3. The molecule has 0 saturated heterocycles. The van der Waals surface area contributed by atoms with Crippen molar-refractivity contribution in [1.82, 2.24) is 9.88 Å². The van der Waals surface area contributed by atoms with Gasteiger partial charge in [0.25, 0.3) is 5.91 Å². The lowest BCUT2D eigenvalue weighted by atomic mass is 9.93. The molecule has 1 fully saturated rings. The van der Waals surface area contributed by atoms with Crippen LogP contribution < -0.4 is 5.32 Å². The Morgan fingerprint density at radius 1 is 1.50 bits per heavy atom. The van der Waals surface area contributed by atoms with E-state index in [0.717, 1.165) is 12.8 Å². The first-order valence-corrected chi connectivity index (χ1v) is 6.31. The lowest BCUT2D eigenvalue weighted by Crippen LogP contribution is -2.52. The number of hydrogen-bond acceptors (Lipinski definition) is 3. The fraction of sp³-hybridized carbons (Fsp3) is 0.615. The minimum atomic E-state index is -0.980. The first-order valence-electron chi connectivity index (χ1n) is 6.31. The molecule has 2 rings (SSSR count). The zero-order valence-corrected chi connectivity index (χ0v) is 10.6. The third kappa shape index (κ3) is 2.42. The van der Waals surface area contributed by atoms with Crippen LogP contribution in [0.2, 0.25) is 0 Å². The molecule has 0 atom stereocenters. The molecule has 1 aliphatic carbocycles. The van der Waals surface area contributed by atoms with Crippen LogP contribution in [-0.4, -0.2) is 39.4 Å². The van der Waals surface area contributed by atoms with E-state index in [1.54, 1.807) is 13.0 Å². The Morgan fingerprint density at radius 3 is 2.67 bits per heavy atom. The summed E-state index contributed by atoms with van der Waals surface area (Å²) >= 11 is 0. The van der Waals surface area contributed by atoms with Gasteiger partial charge in [0.15, 0.2) is 0 Å². The average Bonchev–Trinajstić information content (AvgIpc) is 2.75. The van der Waals surface area contributed by atoms with Crippen LogP contribution in [0.4, 0.5) is 0 Å². The summed E-state index contributed by atoms with van der Waals surface area (Å²) in [6.45, 7) is 1.03. The molecule has 100 valence electrons. The predicted molar refractivity (Wildman–Crippen MR) is 67.4 cm³/mol. The molecule has 1 amide bonds. The maximum atomic E-state index is 12.2. The summed E-state index contributed by atoms with van der Waals surface area (Å²) in [5.41, 5.74) is -0.390. The van der Waals surface area contributed by atoms with Gasteiger partial charge in [-0.1, -0.05) is 0 Å². The highest BCUT2D eigenvalue weighted by atomic mass is 16.3. The zero-order valence-electron chi connectivity index (χ0n) is 10.6. The molecule has 0 aliphatic heterocycles. The lowest BCUT2D eigenvalue weighted by Gasteiger charge is -2.30. The Morgan fingerprint density at radius 2 is 2.17 bits per heavy atom. The van der Waals surface area contributed by atoms with Crippen LogP contribution in [0.25, 0.3) is 0 Å². The maximum Gasteiger partial charge on any atom is 0.268 e. The number of hydrogen-bond donors (Lipinski definition) is 3. The summed E-state index contributed by atoms with van der Waals surface area (Å²) in [5, 5.41) is 21.1. The minimum Gasteiger partial charge on any atom is -0.394 e. The summed E-state index contributed by atoms with van der Waals surface area (Å²) in [7, 11) is 0. The molecule has 3 N–H and O–H groups in total. The van der Waals surface area contributed by atoms with Crippen molar-refractivity contribution in [3.8, 4) is 0 Å². The van der Waals surface area contributed by atoms with E-state index in [4.69, 9.17) is 0 Å². The van der Waals surface area contributed by atoms with Crippen molar-refractivity contribution >= 4 is 5.91 Å². The van der Waals surface area contributed by atoms with Gasteiger partial charge in [0.05, 0.1) is 18.8 Å². The van der Waals surface area contributed by atoms with Gasteiger partial charge in [-0.2, -0.15) is 0 Å². The predicted octanol–water partition coefficient (Wildman–Crippen LogP) is 0.686. The van der Waals surface area contributed by atoms with Crippen LogP contribution >= 0.6 is 0 Å². The van der Waals surface area contributed by atoms with Crippen LogP contribution in [0.5, 0.6) is 0 Å². The van der Waals surface area contributed by atoms with Gasteiger partial charge in [0.1, 0.15) is 5.69 Å². The van der Waals surface area contributed by atoms with E-state index in [0.29, 0.717) is 11.7 Å². The molecule has 1 heterocycles. The van der Waals surface area contributed by atoms with E-state index < -0.39 is 5.54 Å². The third-order valence-electron chi connectivity index (χ3n) is 3.59. The van der Waals surface area contributed by atoms with Crippen LogP contribution in [0.1, 0.15) is 42.7 Å². The second-order valence-electron chi connectivity index (χ2n) is 5.22. The summed E-state index contributed by atoms with van der Waals surface area (Å²) in [6, 6.07) is 4.03. The molecule has 1 aromatic rings. The Labute approximate surface area is 106 Å². The van der Waals surface area contributed by atoms with Gasteiger partial charge in [-0.15, -0.1) is 0 Å². The highest BCUT2D eigenvalue weighted by Gasteiger charge is 2.28. The number of carbonyl (C=O) groups is 1. The Hall–Kier alpha value is -1.33. The zero-order chi connectivity index (χ0) is 13.2. The maximum absolute atomic E-state index is 12.2. The first-order chi connectivity index (χ1) is 8.59. The van der Waals surface area contributed by atoms with Gasteiger partial charge in [0.2, 0.25) is 0 Å². The molecule has 0 unspecified atom stereocenters. The number of rotatable bonds is 5. The number of aliphatic hydroxyl groups excluding tert-OH is 2. The average molecular weight is 252 g/mol. The second kappa shape index (κ2) is 5.12. The van der Waals surface area contributed by atoms with E-state index >= 15 is 0 Å². The fourth-order valence-electron chi connectivity index (χ4n) is 2.04. The van der Waals surface area contributed by atoms with Crippen LogP contribution in [-0.2, 0) is 0 Å². The van der Waals surface area contributed by atoms with Gasteiger partial charge in [-0.25, -0.2) is 0 Å². The molecule has 0 spiro atoms. The lowest BCUT2D eigenvalue weighted by molar-refractivity contribution is 0.0711. The quantitative estimate of drug-likeness (QED) is 0.721. The summed E-state index contributed by atoms with van der Waals surface area (Å²) in [6.07, 6.45) is 5.32. The number of carbonyl (C=O) groups excluding carboxylic acids is 1. The van der Waals surface area contributed by atoms with Gasteiger partial charge in [0, 0.05) is 12.2 Å². The second-order valence-corrected chi connectivity index (χ2v) is 5.22. The topological polar surface area (TPSA) is 74.5 Å². The Kier molecular flexibility index (Phi) is 3.73. The van der Waals surface area contributed by atoms with Crippen LogP contribution in [0, 0.1) is 0 Å². The number of aliphatic hydroxyl groups is 2. The highest BCUT2D eigenvalue weighted by Crippen LogP contribution is 2.32. The molecule has 0 radical (unpaired) electrons. The van der Waals surface area contributed by atoms with Crippen molar-refractivity contribution in [1.29, 1.82) is 0 Å². The molecule has 1 saturated carbocycles. The normalized spacial score (nSPS) is 16.4. The largest absolute Gasteiger partial charge is 0.394 e. The third-order valence-corrected chi connectivity index (χ3v) is 3.59. The minimum absolute atomic E-state index is 0.252. The van der Waals surface area contributed by atoms with E-state index in [1.165, 1.54) is 6.42 Å². The van der Waals surface area contributed by atoms with Crippen molar-refractivity contribution in [2.24, 2.45) is 0 Å². The monoisotopic (exact) mass is 252 g/mol. The summed E-state index contributed by atoms with van der Waals surface area (Å²) in [5.74, 6) is -0.252. The van der Waals surface area contributed by atoms with Crippen molar-refractivity contribution in [2.45, 2.75) is 37.8 Å². The van der Waals surface area contributed by atoms with Crippen molar-refractivity contribution in [3.05, 3.63) is 24.0 Å². The van der Waals surface area contributed by atoms with Crippen molar-refractivity contribution in [3.63, 3.8) is 0 Å². The highest BCUT2D eigenvalue weighted by molar-refractivity contribution is 5.93. The molecule has 0 bridgehead atoms. The number of nitrogens with zero attached hydrogens (tertiary/aromatic N) is 1. The first kappa shape index (κ1) is 13.1. The molecule has 5 nitrogen and oxygen atoms in total. The fourth-order valence-corrected chi connectivity index (χ4v) is 2.04. The van der Waals surface area contributed by atoms with Crippen molar-refractivity contribution in [2.75, 3.05) is 13.2 Å². The Balaban J connectivity index is 2.11. The molecule has 18 heavy (non-hydrogen) atoms. The summed E-state index contributed by atoms with van der Waals surface area (Å²) in [4.78, 5) is 12.2. The molecule has 5 heteroatoms. The van der Waals surface area contributed by atoms with Gasteiger partial charge in [-0.3, -0.25) is 4.79 Å². The van der Waals surface area contributed by atoms with E-state index in [2.05, 4.69) is 5.32 Å². The van der Waals surface area contributed by atoms with E-state index in [1.807, 2.05) is 16.8 Å². The standard InChI is InChI=1S/C13H20N2O3/c1-13(8-16,9-17)14-12(18)11-6-3-7-15(11)10-4-2-5-10/h3,6-7,10,16-17H,2,4-5,8-9H2,1H3,(H,14,18). The van der Waals surface area contributed by atoms with Crippen LogP contribution in [0.3, 0.4) is 0 Å². The van der Waals surface area contributed by atoms with E-state index in [9.17, 15) is 15.0 Å². The number of amides is 1. The SMILES string of the molecule is CC(CO)(CO)NC(=O)c1cccn1C1CCC1. The van der Waals surface area contributed by atoms with Gasteiger partial charge >= 0.3 is 0 Å². The molecule has 1 aromatic heterocycles. The molecule has 0 aromatic carbocycles. The summed E-state index contributed by atoms with van der Waals surface area (Å²) < 4.78 is 1.98. The van der Waals surface area contributed by atoms with Gasteiger partial charge < -0.3 is 20.1 Å². The number of nitrogens with one attached hydrogen (secondary N) is 1. The number of aromatic nitrogens is 1. The molecular weight excluding hydrogens is 232 g/mol. The molecule has 1 aliphatic rings. The Bertz CT molecular complexity index is 420.